The van der Waals surface area contributed by atoms with Crippen molar-refractivity contribution in [2.45, 2.75) is 20.8 Å². The van der Waals surface area contributed by atoms with Crippen LogP contribution in [0.25, 0.3) is 0 Å². The predicted molar refractivity (Wildman–Crippen MR) is 34.5 cm³/mol. The van der Waals surface area contributed by atoms with Gasteiger partial charge in [0.15, 0.2) is 0 Å². The molecular formula is C4H12KO4P. The summed E-state index contributed by atoms with van der Waals surface area (Å²) in [4.78, 5) is 21.6. The van der Waals surface area contributed by atoms with Crippen LogP contribution in [0.4, 0.5) is 0 Å². The SMILES string of the molecule is C[C-](C)C.O=P(O)(O)O.[K+]. The van der Waals surface area contributed by atoms with Gasteiger partial charge in [0, 0.05) is 0 Å². The molecular weight excluding hydrogens is 182 g/mol. The van der Waals surface area contributed by atoms with E-state index in [1.165, 1.54) is 5.92 Å². The van der Waals surface area contributed by atoms with E-state index in [0.717, 1.165) is 0 Å². The van der Waals surface area contributed by atoms with E-state index in [0.29, 0.717) is 0 Å². The van der Waals surface area contributed by atoms with E-state index in [4.69, 9.17) is 19.2 Å². The van der Waals surface area contributed by atoms with Crippen molar-refractivity contribution in [3.63, 3.8) is 0 Å². The maximum Gasteiger partial charge on any atom is 1.00 e. The minimum absolute atomic E-state index is 0. The van der Waals surface area contributed by atoms with Crippen molar-refractivity contribution >= 4 is 7.82 Å². The fraction of sp³-hybridized carbons (Fsp3) is 0.750. The van der Waals surface area contributed by atoms with Gasteiger partial charge in [-0.05, 0) is 0 Å². The molecule has 0 aliphatic heterocycles. The number of hydrogen-bond donors (Lipinski definition) is 3. The van der Waals surface area contributed by atoms with Gasteiger partial charge in [0.05, 0.1) is 0 Å². The Labute approximate surface area is 104 Å². The van der Waals surface area contributed by atoms with Crippen LogP contribution >= 0.6 is 7.82 Å². The summed E-state index contributed by atoms with van der Waals surface area (Å²) >= 11 is 0. The molecule has 0 unspecified atom stereocenters. The molecule has 0 atom stereocenters. The third kappa shape index (κ3) is 244. The summed E-state index contributed by atoms with van der Waals surface area (Å²) in [6.07, 6.45) is 0. The van der Waals surface area contributed by atoms with E-state index in [1.54, 1.807) is 0 Å². The fourth-order valence-corrected chi connectivity index (χ4v) is 0. The minimum atomic E-state index is -4.64. The Morgan fingerprint density at radius 1 is 1.10 bits per heavy atom. The normalized spacial score (nSPS) is 9.50. The molecule has 0 saturated carbocycles. The topological polar surface area (TPSA) is 77.8 Å². The van der Waals surface area contributed by atoms with Crippen LogP contribution < -0.4 is 51.4 Å². The Balaban J connectivity index is -0.0000000910. The molecule has 58 valence electrons. The quantitative estimate of drug-likeness (QED) is 0.230. The minimum Gasteiger partial charge on any atom is -0.323 e. The largest absolute Gasteiger partial charge is 1.00 e. The van der Waals surface area contributed by atoms with Crippen LogP contribution in [-0.2, 0) is 4.57 Å². The van der Waals surface area contributed by atoms with Crippen LogP contribution in [0.15, 0.2) is 0 Å². The van der Waals surface area contributed by atoms with Crippen LogP contribution in [0, 0.1) is 5.92 Å². The zero-order valence-corrected chi connectivity index (χ0v) is 10.7. The summed E-state index contributed by atoms with van der Waals surface area (Å²) in [5, 5.41) is 0. The van der Waals surface area contributed by atoms with E-state index in [1.807, 2.05) is 0 Å². The Hall–Kier alpha value is 1.75. The molecule has 0 saturated heterocycles. The van der Waals surface area contributed by atoms with Crippen molar-refractivity contribution in [1.29, 1.82) is 0 Å². The Bertz CT molecular complexity index is 88.4. The van der Waals surface area contributed by atoms with Crippen molar-refractivity contribution in [3.8, 4) is 0 Å². The van der Waals surface area contributed by atoms with Gasteiger partial charge in [0.25, 0.3) is 0 Å². The monoisotopic (exact) mass is 194 g/mol. The maximum absolute atomic E-state index is 8.88. The van der Waals surface area contributed by atoms with E-state index in [2.05, 4.69) is 20.8 Å². The van der Waals surface area contributed by atoms with Crippen LogP contribution in [-0.4, -0.2) is 14.7 Å². The Morgan fingerprint density at radius 3 is 1.10 bits per heavy atom. The Morgan fingerprint density at radius 2 is 1.10 bits per heavy atom. The molecule has 0 amide bonds. The average Bonchev–Trinajstić information content (AvgIpc) is 1.19. The molecule has 0 heterocycles. The molecule has 0 spiro atoms. The van der Waals surface area contributed by atoms with Crippen molar-refractivity contribution < 1.29 is 70.6 Å². The van der Waals surface area contributed by atoms with E-state index in [-0.39, 0.29) is 51.4 Å². The zero-order chi connectivity index (χ0) is 8.08. The second-order valence-corrected chi connectivity index (χ2v) is 3.04. The summed E-state index contributed by atoms with van der Waals surface area (Å²) in [5.74, 6) is 1.42. The zero-order valence-electron chi connectivity index (χ0n) is 6.70. The first-order chi connectivity index (χ1) is 3.73. The molecule has 0 aromatic heterocycles. The van der Waals surface area contributed by atoms with Gasteiger partial charge in [-0.15, -0.1) is 0 Å². The summed E-state index contributed by atoms with van der Waals surface area (Å²) in [5.41, 5.74) is 0. The molecule has 6 heteroatoms. The first kappa shape index (κ1) is 17.7. The van der Waals surface area contributed by atoms with Crippen LogP contribution in [0.1, 0.15) is 20.8 Å². The third-order valence-electron chi connectivity index (χ3n) is 0. The van der Waals surface area contributed by atoms with E-state index >= 15 is 0 Å². The van der Waals surface area contributed by atoms with Crippen molar-refractivity contribution in [3.05, 3.63) is 5.92 Å². The molecule has 0 fully saturated rings. The molecule has 0 aliphatic rings. The van der Waals surface area contributed by atoms with Gasteiger partial charge < -0.3 is 20.6 Å². The van der Waals surface area contributed by atoms with E-state index < -0.39 is 7.82 Å². The summed E-state index contributed by atoms with van der Waals surface area (Å²) < 4.78 is 8.88. The molecule has 3 N–H and O–H groups in total. The third-order valence-corrected chi connectivity index (χ3v) is 0. The van der Waals surface area contributed by atoms with Gasteiger partial charge in [0.2, 0.25) is 0 Å². The van der Waals surface area contributed by atoms with Gasteiger partial charge in [0.1, 0.15) is 0 Å². The number of hydrogen-bond acceptors (Lipinski definition) is 1. The van der Waals surface area contributed by atoms with Crippen LogP contribution in [0.2, 0.25) is 0 Å². The molecule has 4 nitrogen and oxygen atoms in total. The van der Waals surface area contributed by atoms with Gasteiger partial charge in [-0.1, -0.05) is 0 Å². The predicted octanol–water partition coefficient (Wildman–Crippen LogP) is -2.30. The molecule has 0 aliphatic carbocycles. The second kappa shape index (κ2) is 8.84. The first-order valence-corrected chi connectivity index (χ1v) is 3.85. The van der Waals surface area contributed by atoms with Crippen LogP contribution in [0.3, 0.4) is 0 Å². The van der Waals surface area contributed by atoms with Crippen molar-refractivity contribution in [1.82, 2.24) is 0 Å². The molecule has 0 rings (SSSR count). The average molecular weight is 194 g/mol. The second-order valence-electron chi connectivity index (χ2n) is 2.01. The summed E-state index contributed by atoms with van der Waals surface area (Å²) in [6.45, 7) is 6.25. The maximum atomic E-state index is 8.88. The van der Waals surface area contributed by atoms with Gasteiger partial charge in [-0.25, -0.2) is 4.57 Å². The smallest absolute Gasteiger partial charge is 0.323 e. The molecule has 0 radical (unpaired) electrons. The van der Waals surface area contributed by atoms with Crippen molar-refractivity contribution in [2.75, 3.05) is 0 Å². The van der Waals surface area contributed by atoms with E-state index in [9.17, 15) is 0 Å². The number of rotatable bonds is 0. The standard InChI is InChI=1S/C4H9.K.H3O4P/c1-4(2)3;;1-5(2,3)4/h1-3H3;;(H3,1,2,3,4)/q-1;+1;. The summed E-state index contributed by atoms with van der Waals surface area (Å²) in [6, 6.07) is 0. The molecule has 0 aromatic carbocycles. The van der Waals surface area contributed by atoms with Gasteiger partial charge >= 0.3 is 59.2 Å². The van der Waals surface area contributed by atoms with Gasteiger partial charge in [-0.3, -0.25) is 0 Å². The molecule has 10 heavy (non-hydrogen) atoms. The molecule has 0 bridgehead atoms. The van der Waals surface area contributed by atoms with Crippen molar-refractivity contribution in [2.24, 2.45) is 0 Å². The number of phosphoric acid groups is 1. The van der Waals surface area contributed by atoms with Crippen LogP contribution in [0.5, 0.6) is 0 Å². The molecule has 0 aromatic rings. The fourth-order valence-electron chi connectivity index (χ4n) is 0. The summed E-state index contributed by atoms with van der Waals surface area (Å²) in [7, 11) is -4.64. The first-order valence-electron chi connectivity index (χ1n) is 2.28. The Kier molecular flexibility index (Phi) is 15.7. The van der Waals surface area contributed by atoms with Gasteiger partial charge in [-0.2, -0.15) is 20.8 Å².